The Hall–Kier alpha value is -1.21. The molecule has 1 aliphatic heterocycles. The molecule has 1 aliphatic rings. The van der Waals surface area contributed by atoms with Crippen LogP contribution in [0.15, 0.2) is 60.7 Å². The van der Waals surface area contributed by atoms with E-state index in [1.807, 2.05) is 11.8 Å². The maximum Gasteiger partial charge on any atom is 0.303 e. The van der Waals surface area contributed by atoms with E-state index < -0.39 is 8.32 Å². The van der Waals surface area contributed by atoms with Gasteiger partial charge in [-0.15, -0.1) is 23.5 Å². The van der Waals surface area contributed by atoms with Crippen molar-refractivity contribution in [2.45, 2.75) is 42.8 Å². The molecule has 28 heavy (non-hydrogen) atoms. The summed E-state index contributed by atoms with van der Waals surface area (Å²) in [7, 11) is -2.51. The standard InChI is InChI=1S/C22H28O3S2Si/c1-17(23)25-20-16-26-21(27-20)15-24-28(22(2,3)4,18-11-7-5-8-12-18)19-13-9-6-10-14-19/h5-14,20-21H,15-16H2,1-4H3/t20-,21+/m1/s1. The molecule has 2 aromatic rings. The van der Waals surface area contributed by atoms with Crippen LogP contribution in [0, 0.1) is 0 Å². The lowest BCUT2D eigenvalue weighted by Gasteiger charge is -2.43. The molecular weight excluding hydrogens is 404 g/mol. The maximum absolute atomic E-state index is 11.3. The molecule has 3 rings (SSSR count). The summed E-state index contributed by atoms with van der Waals surface area (Å²) in [5, 5.41) is 2.55. The van der Waals surface area contributed by atoms with Crippen LogP contribution in [0.25, 0.3) is 0 Å². The molecule has 1 heterocycles. The molecule has 0 radical (unpaired) electrons. The number of rotatable bonds is 6. The third-order valence-corrected chi connectivity index (χ3v) is 12.8. The zero-order chi connectivity index (χ0) is 20.2. The highest BCUT2D eigenvalue weighted by molar-refractivity contribution is 8.20. The normalized spacial score (nSPS) is 20.1. The van der Waals surface area contributed by atoms with Crippen LogP contribution in [0.2, 0.25) is 5.04 Å². The largest absolute Gasteiger partial charge is 0.451 e. The van der Waals surface area contributed by atoms with Crippen molar-refractivity contribution in [1.82, 2.24) is 0 Å². The molecule has 0 spiro atoms. The summed E-state index contributed by atoms with van der Waals surface area (Å²) in [5.41, 5.74) is -0.0738. The zero-order valence-corrected chi connectivity index (χ0v) is 19.5. The Morgan fingerprint density at radius 1 is 1.04 bits per heavy atom. The number of hydrogen-bond donors (Lipinski definition) is 0. The van der Waals surface area contributed by atoms with Crippen LogP contribution >= 0.6 is 23.5 Å². The summed E-state index contributed by atoms with van der Waals surface area (Å²) in [4.78, 5) is 11.3. The summed E-state index contributed by atoms with van der Waals surface area (Å²) < 4.78 is 12.6. The number of esters is 1. The lowest BCUT2D eigenvalue weighted by molar-refractivity contribution is -0.141. The molecule has 3 nitrogen and oxygen atoms in total. The minimum atomic E-state index is -2.51. The first kappa shape index (κ1) is 21.5. The van der Waals surface area contributed by atoms with Gasteiger partial charge in [0.15, 0.2) is 5.44 Å². The Labute approximate surface area is 177 Å². The van der Waals surface area contributed by atoms with Gasteiger partial charge in [-0.05, 0) is 15.4 Å². The van der Waals surface area contributed by atoms with Gasteiger partial charge >= 0.3 is 5.97 Å². The predicted octanol–water partition coefficient (Wildman–Crippen LogP) is 4.26. The molecule has 0 saturated carbocycles. The zero-order valence-electron chi connectivity index (χ0n) is 16.9. The summed E-state index contributed by atoms with van der Waals surface area (Å²) >= 11 is 3.51. The summed E-state index contributed by atoms with van der Waals surface area (Å²) in [6.45, 7) is 8.97. The van der Waals surface area contributed by atoms with Crippen LogP contribution in [-0.2, 0) is 14.0 Å². The Morgan fingerprint density at radius 3 is 2.04 bits per heavy atom. The van der Waals surface area contributed by atoms with E-state index in [1.165, 1.54) is 17.3 Å². The fourth-order valence-electron chi connectivity index (χ4n) is 3.72. The summed E-state index contributed by atoms with van der Waals surface area (Å²) in [5.74, 6) is 0.602. The van der Waals surface area contributed by atoms with Gasteiger partial charge in [-0.1, -0.05) is 81.4 Å². The molecule has 0 unspecified atom stereocenters. The Balaban J connectivity index is 1.90. The number of thioether (sulfide) groups is 2. The molecular formula is C22H28O3S2Si. The van der Waals surface area contributed by atoms with E-state index in [-0.39, 0.29) is 21.0 Å². The number of carbonyl (C=O) groups excluding carboxylic acids is 1. The van der Waals surface area contributed by atoms with E-state index in [1.54, 1.807) is 11.8 Å². The van der Waals surface area contributed by atoms with E-state index in [9.17, 15) is 4.79 Å². The molecule has 6 heteroatoms. The van der Waals surface area contributed by atoms with Gasteiger partial charge < -0.3 is 9.16 Å². The van der Waals surface area contributed by atoms with Gasteiger partial charge in [-0.3, -0.25) is 4.79 Å². The number of ether oxygens (including phenoxy) is 1. The minimum absolute atomic E-state index is 0.0288. The van der Waals surface area contributed by atoms with Crippen molar-refractivity contribution in [2.24, 2.45) is 0 Å². The van der Waals surface area contributed by atoms with Crippen LogP contribution in [0.1, 0.15) is 27.7 Å². The third-order valence-electron chi connectivity index (χ3n) is 4.87. The second-order valence-corrected chi connectivity index (χ2v) is 15.1. The number of benzene rings is 2. The van der Waals surface area contributed by atoms with Crippen molar-refractivity contribution in [3.05, 3.63) is 60.7 Å². The van der Waals surface area contributed by atoms with E-state index in [4.69, 9.17) is 9.16 Å². The van der Waals surface area contributed by atoms with Gasteiger partial charge in [-0.2, -0.15) is 0 Å². The van der Waals surface area contributed by atoms with Gasteiger partial charge in [0.2, 0.25) is 0 Å². The molecule has 0 bridgehead atoms. The highest BCUT2D eigenvalue weighted by atomic mass is 32.2. The fourth-order valence-corrected chi connectivity index (χ4v) is 11.3. The molecule has 1 fully saturated rings. The maximum atomic E-state index is 11.3. The Morgan fingerprint density at radius 2 is 1.57 bits per heavy atom. The third kappa shape index (κ3) is 4.67. The highest BCUT2D eigenvalue weighted by Crippen LogP contribution is 2.41. The average molecular weight is 433 g/mol. The highest BCUT2D eigenvalue weighted by Gasteiger charge is 2.50. The SMILES string of the molecule is CC(=O)O[C@H]1CS[C@H](CO[Si](c2ccccc2)(c2ccccc2)C(C)(C)C)S1. The van der Waals surface area contributed by atoms with Gasteiger partial charge in [0.1, 0.15) is 0 Å². The lowest BCUT2D eigenvalue weighted by atomic mass is 10.2. The second-order valence-electron chi connectivity index (χ2n) is 7.91. The van der Waals surface area contributed by atoms with Crippen molar-refractivity contribution < 1.29 is 14.0 Å². The molecule has 0 aromatic heterocycles. The fraction of sp³-hybridized carbons (Fsp3) is 0.409. The first-order valence-electron chi connectivity index (χ1n) is 9.52. The average Bonchev–Trinajstić information content (AvgIpc) is 3.09. The van der Waals surface area contributed by atoms with Crippen molar-refractivity contribution >= 4 is 48.2 Å². The monoisotopic (exact) mass is 432 g/mol. The van der Waals surface area contributed by atoms with Crippen molar-refractivity contribution in [3.63, 3.8) is 0 Å². The Bertz CT molecular complexity index is 738. The van der Waals surface area contributed by atoms with E-state index in [0.717, 1.165) is 5.75 Å². The van der Waals surface area contributed by atoms with Gasteiger partial charge in [0, 0.05) is 12.7 Å². The van der Waals surface area contributed by atoms with Gasteiger partial charge in [0.25, 0.3) is 8.32 Å². The first-order chi connectivity index (χ1) is 13.3. The van der Waals surface area contributed by atoms with Crippen LogP contribution < -0.4 is 10.4 Å². The molecule has 0 aliphatic carbocycles. The smallest absolute Gasteiger partial charge is 0.303 e. The Kier molecular flexibility index (Phi) is 6.97. The van der Waals surface area contributed by atoms with Crippen LogP contribution in [-0.4, -0.2) is 36.7 Å². The molecule has 150 valence electrons. The molecule has 1 saturated heterocycles. The molecule has 0 amide bonds. The predicted molar refractivity (Wildman–Crippen MR) is 123 cm³/mol. The van der Waals surface area contributed by atoms with Crippen molar-refractivity contribution in [3.8, 4) is 0 Å². The first-order valence-corrected chi connectivity index (χ1v) is 13.4. The van der Waals surface area contributed by atoms with Crippen LogP contribution in [0.4, 0.5) is 0 Å². The van der Waals surface area contributed by atoms with E-state index in [2.05, 4.69) is 81.4 Å². The van der Waals surface area contributed by atoms with E-state index in [0.29, 0.717) is 6.61 Å². The summed E-state index contributed by atoms with van der Waals surface area (Å²) in [6.07, 6.45) is 0. The van der Waals surface area contributed by atoms with Crippen LogP contribution in [0.5, 0.6) is 0 Å². The molecule has 0 N–H and O–H groups in total. The lowest BCUT2D eigenvalue weighted by Crippen LogP contribution is -2.66. The van der Waals surface area contributed by atoms with Crippen molar-refractivity contribution in [2.75, 3.05) is 12.4 Å². The van der Waals surface area contributed by atoms with Crippen LogP contribution in [0.3, 0.4) is 0 Å². The number of carbonyl (C=O) groups is 1. The second kappa shape index (κ2) is 9.07. The molecule has 2 atom stereocenters. The van der Waals surface area contributed by atoms with Gasteiger partial charge in [-0.25, -0.2) is 0 Å². The number of hydrogen-bond acceptors (Lipinski definition) is 5. The van der Waals surface area contributed by atoms with Gasteiger partial charge in [0.05, 0.1) is 11.2 Å². The minimum Gasteiger partial charge on any atom is -0.451 e. The van der Waals surface area contributed by atoms with E-state index >= 15 is 0 Å². The summed E-state index contributed by atoms with van der Waals surface area (Å²) in [6, 6.07) is 21.4. The van der Waals surface area contributed by atoms with Crippen molar-refractivity contribution in [1.29, 1.82) is 0 Å². The topological polar surface area (TPSA) is 35.5 Å². The quantitative estimate of drug-likeness (QED) is 0.503. The molecule has 2 aromatic carbocycles.